The van der Waals surface area contributed by atoms with E-state index in [2.05, 4.69) is 5.32 Å². The molecule has 2 amide bonds. The fourth-order valence-electron chi connectivity index (χ4n) is 3.48. The third kappa shape index (κ3) is 4.80. The summed E-state index contributed by atoms with van der Waals surface area (Å²) in [4.78, 5) is 39.0. The van der Waals surface area contributed by atoms with E-state index in [0.717, 1.165) is 16.0 Å². The Bertz CT molecular complexity index is 1350. The van der Waals surface area contributed by atoms with E-state index in [1.54, 1.807) is 30.3 Å². The van der Waals surface area contributed by atoms with Crippen molar-refractivity contribution in [2.24, 2.45) is 0 Å². The molecule has 0 atom stereocenters. The number of anilines is 2. The average Bonchev–Trinajstić information content (AvgIpc) is 2.98. The largest absolute Gasteiger partial charge is 0.423 e. The number of hydrogen-bond donors (Lipinski definition) is 1. The Balaban J connectivity index is 1.50. The highest BCUT2D eigenvalue weighted by Gasteiger charge is 2.40. The van der Waals surface area contributed by atoms with E-state index in [4.69, 9.17) is 39.5 Å². The lowest BCUT2D eigenvalue weighted by molar-refractivity contribution is -0.120. The molecular formula is C25H17Cl3N2O4. The maximum atomic E-state index is 13.0. The lowest BCUT2D eigenvalue weighted by Gasteiger charge is -2.17. The van der Waals surface area contributed by atoms with Crippen molar-refractivity contribution in [2.75, 3.05) is 10.2 Å². The Morgan fingerprint density at radius 2 is 1.50 bits per heavy atom. The quantitative estimate of drug-likeness (QED) is 0.246. The molecule has 0 fully saturated rings. The third-order valence-corrected chi connectivity index (χ3v) is 5.88. The summed E-state index contributed by atoms with van der Waals surface area (Å²) in [7, 11) is 0. The number of carbonyl (C=O) groups is 3. The number of nitrogens with zero attached hydrogens (tertiary/aromatic N) is 1. The van der Waals surface area contributed by atoms with Crippen LogP contribution in [0, 0.1) is 13.8 Å². The minimum atomic E-state index is -0.730. The van der Waals surface area contributed by atoms with E-state index in [9.17, 15) is 14.4 Å². The number of aryl methyl sites for hydroxylation is 2. The van der Waals surface area contributed by atoms with E-state index in [0.29, 0.717) is 22.0 Å². The highest BCUT2D eigenvalue weighted by molar-refractivity contribution is 6.54. The molecule has 0 spiro atoms. The van der Waals surface area contributed by atoms with Crippen LogP contribution in [-0.4, -0.2) is 17.8 Å². The average molecular weight is 516 g/mol. The van der Waals surface area contributed by atoms with Crippen LogP contribution >= 0.6 is 34.8 Å². The fourth-order valence-corrected chi connectivity index (χ4v) is 4.06. The first-order chi connectivity index (χ1) is 16.1. The Hall–Kier alpha value is -3.32. The van der Waals surface area contributed by atoms with Gasteiger partial charge in [0.05, 0.1) is 16.3 Å². The predicted molar refractivity (Wildman–Crippen MR) is 133 cm³/mol. The monoisotopic (exact) mass is 514 g/mol. The van der Waals surface area contributed by atoms with Gasteiger partial charge in [-0.05, 0) is 79.6 Å². The van der Waals surface area contributed by atoms with Crippen LogP contribution < -0.4 is 15.0 Å². The SMILES string of the molecule is Cc1cc(C)cc(OC(=O)c2ccc(NC3=C(Cl)C(=O)N(c4cc(Cl)ccc4Cl)C3=O)cc2)c1. The number of rotatable bonds is 5. The van der Waals surface area contributed by atoms with Gasteiger partial charge in [-0.1, -0.05) is 40.9 Å². The highest BCUT2D eigenvalue weighted by Crippen LogP contribution is 2.35. The molecule has 1 N–H and O–H groups in total. The molecule has 4 rings (SSSR count). The molecule has 0 aliphatic carbocycles. The van der Waals surface area contributed by atoms with Gasteiger partial charge in [-0.25, -0.2) is 9.69 Å². The maximum absolute atomic E-state index is 13.0. The molecule has 0 saturated carbocycles. The maximum Gasteiger partial charge on any atom is 0.343 e. The van der Waals surface area contributed by atoms with Gasteiger partial charge < -0.3 is 10.1 Å². The first-order valence-corrected chi connectivity index (χ1v) is 11.2. The van der Waals surface area contributed by atoms with Crippen LogP contribution in [-0.2, 0) is 9.59 Å². The van der Waals surface area contributed by atoms with Gasteiger partial charge in [0.2, 0.25) is 0 Å². The number of carbonyl (C=O) groups excluding carboxylic acids is 3. The predicted octanol–water partition coefficient (Wildman–Crippen LogP) is 6.27. The summed E-state index contributed by atoms with van der Waals surface area (Å²) < 4.78 is 5.45. The molecule has 1 aliphatic rings. The minimum absolute atomic E-state index is 0.117. The summed E-state index contributed by atoms with van der Waals surface area (Å²) >= 11 is 18.3. The first kappa shape index (κ1) is 23.8. The summed E-state index contributed by atoms with van der Waals surface area (Å²) in [6, 6.07) is 16.2. The van der Waals surface area contributed by atoms with E-state index in [1.165, 1.54) is 24.3 Å². The summed E-state index contributed by atoms with van der Waals surface area (Å²) in [6.45, 7) is 3.84. The van der Waals surface area contributed by atoms with Gasteiger partial charge in [-0.15, -0.1) is 0 Å². The Morgan fingerprint density at radius 3 is 2.15 bits per heavy atom. The van der Waals surface area contributed by atoms with Crippen LogP contribution in [0.4, 0.5) is 11.4 Å². The zero-order valence-corrected chi connectivity index (χ0v) is 20.3. The molecule has 0 unspecified atom stereocenters. The highest BCUT2D eigenvalue weighted by atomic mass is 35.5. The number of ether oxygens (including phenoxy) is 1. The zero-order chi connectivity index (χ0) is 24.6. The second-order valence-electron chi connectivity index (χ2n) is 7.65. The summed E-state index contributed by atoms with van der Waals surface area (Å²) in [5, 5.41) is 3.03. The molecule has 0 bridgehead atoms. The number of benzene rings is 3. The lowest BCUT2D eigenvalue weighted by Crippen LogP contribution is -2.32. The number of amides is 2. The molecule has 0 aromatic heterocycles. The molecule has 3 aromatic rings. The number of halogens is 3. The normalized spacial score (nSPS) is 13.5. The molecule has 9 heteroatoms. The van der Waals surface area contributed by atoms with Gasteiger partial charge in [0.1, 0.15) is 16.5 Å². The Labute approximate surface area is 210 Å². The molecule has 1 aliphatic heterocycles. The molecule has 172 valence electrons. The Kier molecular flexibility index (Phi) is 6.66. The van der Waals surface area contributed by atoms with Gasteiger partial charge in [0, 0.05) is 10.7 Å². The van der Waals surface area contributed by atoms with Gasteiger partial charge >= 0.3 is 5.97 Å². The van der Waals surface area contributed by atoms with E-state index < -0.39 is 17.8 Å². The van der Waals surface area contributed by atoms with Gasteiger partial charge in [0.25, 0.3) is 11.8 Å². The fraction of sp³-hybridized carbons (Fsp3) is 0.0800. The van der Waals surface area contributed by atoms with Crippen LogP contribution in [0.15, 0.2) is 71.4 Å². The number of nitrogens with one attached hydrogen (secondary N) is 1. The first-order valence-electron chi connectivity index (χ1n) is 10.0. The van der Waals surface area contributed by atoms with E-state index >= 15 is 0 Å². The number of esters is 1. The van der Waals surface area contributed by atoms with Gasteiger partial charge in [-0.3, -0.25) is 9.59 Å². The molecule has 34 heavy (non-hydrogen) atoms. The van der Waals surface area contributed by atoms with Crippen molar-refractivity contribution in [1.29, 1.82) is 0 Å². The van der Waals surface area contributed by atoms with Crippen molar-refractivity contribution in [2.45, 2.75) is 13.8 Å². The second-order valence-corrected chi connectivity index (χ2v) is 8.87. The Morgan fingerprint density at radius 1 is 0.853 bits per heavy atom. The van der Waals surface area contributed by atoms with Crippen molar-refractivity contribution >= 4 is 64.0 Å². The number of hydrogen-bond acceptors (Lipinski definition) is 5. The number of imide groups is 1. The minimum Gasteiger partial charge on any atom is -0.423 e. The molecule has 6 nitrogen and oxygen atoms in total. The summed E-state index contributed by atoms with van der Waals surface area (Å²) in [5.41, 5.74) is 2.73. The van der Waals surface area contributed by atoms with Crippen LogP contribution in [0.25, 0.3) is 0 Å². The van der Waals surface area contributed by atoms with Gasteiger partial charge in [-0.2, -0.15) is 0 Å². The third-order valence-electron chi connectivity index (χ3n) is 4.97. The zero-order valence-electron chi connectivity index (χ0n) is 18.0. The van der Waals surface area contributed by atoms with Crippen molar-refractivity contribution < 1.29 is 19.1 Å². The van der Waals surface area contributed by atoms with Crippen molar-refractivity contribution in [1.82, 2.24) is 0 Å². The molecule has 0 radical (unpaired) electrons. The van der Waals surface area contributed by atoms with Crippen LogP contribution in [0.3, 0.4) is 0 Å². The van der Waals surface area contributed by atoms with Crippen LogP contribution in [0.1, 0.15) is 21.5 Å². The van der Waals surface area contributed by atoms with Crippen molar-refractivity contribution in [3.63, 3.8) is 0 Å². The molecular weight excluding hydrogens is 499 g/mol. The molecule has 1 heterocycles. The summed E-state index contributed by atoms with van der Waals surface area (Å²) in [6.07, 6.45) is 0. The topological polar surface area (TPSA) is 75.7 Å². The molecule has 3 aromatic carbocycles. The lowest BCUT2D eigenvalue weighted by atomic mass is 10.1. The van der Waals surface area contributed by atoms with Gasteiger partial charge in [0.15, 0.2) is 0 Å². The van der Waals surface area contributed by atoms with Crippen molar-refractivity contribution in [3.05, 3.63) is 98.1 Å². The van der Waals surface area contributed by atoms with E-state index in [1.807, 2.05) is 19.9 Å². The van der Waals surface area contributed by atoms with E-state index in [-0.39, 0.29) is 21.4 Å². The molecule has 0 saturated heterocycles. The summed E-state index contributed by atoms with van der Waals surface area (Å²) in [5.74, 6) is -1.48. The van der Waals surface area contributed by atoms with Crippen molar-refractivity contribution in [3.8, 4) is 5.75 Å². The smallest absolute Gasteiger partial charge is 0.343 e. The second kappa shape index (κ2) is 9.50. The van der Waals surface area contributed by atoms with Crippen LogP contribution in [0.2, 0.25) is 10.0 Å². The van der Waals surface area contributed by atoms with Crippen LogP contribution in [0.5, 0.6) is 5.75 Å². The standard InChI is InChI=1S/C25H17Cl3N2O4/c1-13-9-14(2)11-18(10-13)34-25(33)15-3-6-17(7-4-15)29-22-21(28)23(31)30(24(22)32)20-12-16(26)5-8-19(20)27/h3-12,29H,1-2H3.